The number of aliphatic hydroxyl groups is 4. The molecule has 2 fully saturated rings. The Morgan fingerprint density at radius 2 is 0.746 bits per heavy atom. The third-order valence-corrected chi connectivity index (χ3v) is 15.1. The summed E-state index contributed by atoms with van der Waals surface area (Å²) < 4.78 is 0. The van der Waals surface area contributed by atoms with E-state index in [9.17, 15) is 40.9 Å². The second kappa shape index (κ2) is 17.1. The van der Waals surface area contributed by atoms with E-state index in [0.29, 0.717) is 45.2 Å². The summed E-state index contributed by atoms with van der Waals surface area (Å²) in [6.45, 7) is 15.7. The van der Waals surface area contributed by atoms with Crippen molar-refractivity contribution in [2.24, 2.45) is 17.3 Å². The van der Waals surface area contributed by atoms with Crippen LogP contribution in [0.25, 0.3) is 0 Å². The highest BCUT2D eigenvalue weighted by molar-refractivity contribution is 5.55. The number of phenols is 4. The monoisotopic (exact) mass is 808 g/mol. The van der Waals surface area contributed by atoms with Crippen LogP contribution in [0, 0.1) is 31.1 Å². The van der Waals surface area contributed by atoms with Gasteiger partial charge in [0.1, 0.15) is 23.0 Å². The van der Waals surface area contributed by atoms with Crippen LogP contribution < -0.4 is 0 Å². The van der Waals surface area contributed by atoms with E-state index in [1.165, 1.54) is 0 Å². The lowest BCUT2D eigenvalue weighted by atomic mass is 9.52. The molecule has 0 saturated heterocycles. The molecule has 4 aromatic carbocycles. The van der Waals surface area contributed by atoms with Gasteiger partial charge < -0.3 is 40.9 Å². The lowest BCUT2D eigenvalue weighted by molar-refractivity contribution is 0.0364. The van der Waals surface area contributed by atoms with E-state index in [-0.39, 0.29) is 66.7 Å². The fraction of sp³-hybridized carbons (Fsp3) is 0.529. The molecule has 8 nitrogen and oxygen atoms in total. The van der Waals surface area contributed by atoms with E-state index < -0.39 is 10.8 Å². The normalized spacial score (nSPS) is 17.6. The average Bonchev–Trinajstić information content (AvgIpc) is 3.22. The van der Waals surface area contributed by atoms with Crippen LogP contribution in [0.15, 0.2) is 48.5 Å². The molecule has 6 rings (SSSR count). The molecule has 0 amide bonds. The number of rotatable bonds is 12. The van der Waals surface area contributed by atoms with Crippen molar-refractivity contribution < 1.29 is 40.9 Å². The van der Waals surface area contributed by atoms with Crippen molar-refractivity contribution in [1.82, 2.24) is 0 Å². The summed E-state index contributed by atoms with van der Waals surface area (Å²) in [7, 11) is 0. The smallest absolute Gasteiger partial charge is 0.124 e. The SMILES string of the molecule is Cc1cc(C2(c3cc(C)c(O)c(CO)c3)CCC(C(C)(C)C3CCC(c4cc(CO)c(O)c(C(C)C)c4)(c4cc(CO)c(O)c(C(C)C)c4)CC3)CC2)cc(CO)c1O. The molecule has 2 aliphatic rings. The second-order valence-electron chi connectivity index (χ2n) is 19.2. The van der Waals surface area contributed by atoms with E-state index >= 15 is 0 Å². The van der Waals surface area contributed by atoms with Crippen molar-refractivity contribution in [3.63, 3.8) is 0 Å². The van der Waals surface area contributed by atoms with Crippen molar-refractivity contribution >= 4 is 0 Å². The van der Waals surface area contributed by atoms with Crippen molar-refractivity contribution in [1.29, 1.82) is 0 Å². The first-order chi connectivity index (χ1) is 27.9. The Kier molecular flexibility index (Phi) is 12.9. The van der Waals surface area contributed by atoms with Gasteiger partial charge in [-0.05, 0) is 163 Å². The molecule has 0 bridgehead atoms. The largest absolute Gasteiger partial charge is 0.507 e. The number of aromatic hydroxyl groups is 4. The summed E-state index contributed by atoms with van der Waals surface area (Å²) in [5.41, 5.74) is 8.21. The summed E-state index contributed by atoms with van der Waals surface area (Å²) in [6.07, 6.45) is 7.09. The van der Waals surface area contributed by atoms with Gasteiger partial charge in [-0.25, -0.2) is 0 Å². The van der Waals surface area contributed by atoms with E-state index in [4.69, 9.17) is 0 Å². The van der Waals surface area contributed by atoms with Crippen LogP contribution in [0.2, 0.25) is 0 Å². The van der Waals surface area contributed by atoms with Crippen molar-refractivity contribution in [2.45, 2.75) is 156 Å². The van der Waals surface area contributed by atoms with Crippen molar-refractivity contribution in [2.75, 3.05) is 0 Å². The molecule has 59 heavy (non-hydrogen) atoms. The second-order valence-corrected chi connectivity index (χ2v) is 19.2. The maximum Gasteiger partial charge on any atom is 0.124 e. The number of hydrogen-bond donors (Lipinski definition) is 8. The molecular weight excluding hydrogens is 741 g/mol. The molecule has 0 heterocycles. The first-order valence-corrected chi connectivity index (χ1v) is 21.7. The van der Waals surface area contributed by atoms with Crippen molar-refractivity contribution in [3.05, 3.63) is 115 Å². The predicted molar refractivity (Wildman–Crippen MR) is 233 cm³/mol. The molecule has 0 atom stereocenters. The minimum Gasteiger partial charge on any atom is -0.507 e. The first-order valence-electron chi connectivity index (χ1n) is 21.7. The van der Waals surface area contributed by atoms with Crippen LogP contribution in [-0.2, 0) is 37.3 Å². The minimum absolute atomic E-state index is 0.0246. The highest BCUT2D eigenvalue weighted by Crippen LogP contribution is 2.58. The summed E-state index contributed by atoms with van der Waals surface area (Å²) >= 11 is 0. The summed E-state index contributed by atoms with van der Waals surface area (Å²) in [6, 6.07) is 16.1. The lowest BCUT2D eigenvalue weighted by Gasteiger charge is -2.52. The number of aryl methyl sites for hydroxylation is 2. The van der Waals surface area contributed by atoms with Gasteiger partial charge in [0.15, 0.2) is 0 Å². The summed E-state index contributed by atoms with van der Waals surface area (Å²) in [5.74, 6) is 1.36. The molecule has 320 valence electrons. The zero-order chi connectivity index (χ0) is 43.2. The Hall–Kier alpha value is -4.08. The fourth-order valence-electron chi connectivity index (χ4n) is 11.1. The van der Waals surface area contributed by atoms with E-state index in [1.807, 2.05) is 50.2 Å². The summed E-state index contributed by atoms with van der Waals surface area (Å²) in [5, 5.41) is 85.3. The van der Waals surface area contributed by atoms with Gasteiger partial charge in [0.2, 0.25) is 0 Å². The Labute approximate surface area is 351 Å². The van der Waals surface area contributed by atoms with Crippen LogP contribution in [0.5, 0.6) is 23.0 Å². The molecule has 0 aliphatic heterocycles. The molecule has 2 saturated carbocycles. The third-order valence-electron chi connectivity index (χ3n) is 15.1. The van der Waals surface area contributed by atoms with Crippen LogP contribution in [0.4, 0.5) is 0 Å². The fourth-order valence-corrected chi connectivity index (χ4v) is 11.1. The number of aliphatic hydroxyl groups excluding tert-OH is 4. The quantitative estimate of drug-likeness (QED) is 0.0702. The zero-order valence-electron chi connectivity index (χ0n) is 36.5. The lowest BCUT2D eigenvalue weighted by Crippen LogP contribution is -2.43. The Balaban J connectivity index is 1.37. The highest BCUT2D eigenvalue weighted by atomic mass is 16.3. The maximum absolute atomic E-state index is 11.2. The van der Waals surface area contributed by atoms with Crippen LogP contribution in [-0.4, -0.2) is 40.9 Å². The van der Waals surface area contributed by atoms with Crippen molar-refractivity contribution in [3.8, 4) is 23.0 Å². The van der Waals surface area contributed by atoms with Gasteiger partial charge in [-0.1, -0.05) is 65.8 Å². The molecule has 8 heteroatoms. The van der Waals surface area contributed by atoms with Gasteiger partial charge >= 0.3 is 0 Å². The number of benzene rings is 4. The van der Waals surface area contributed by atoms with Gasteiger partial charge in [-0.3, -0.25) is 0 Å². The molecule has 8 N–H and O–H groups in total. The van der Waals surface area contributed by atoms with Crippen LogP contribution >= 0.6 is 0 Å². The van der Waals surface area contributed by atoms with E-state index in [0.717, 1.165) is 84.7 Å². The van der Waals surface area contributed by atoms with E-state index in [1.54, 1.807) is 0 Å². The standard InChI is InChI=1S/C51H68O8/c1-29(2)43-23-41(21-35(27-54)47(43)58)51(42-22-36(28-55)48(59)44(24-42)30(3)4)15-11-38(12-16-51)49(7,8)37-9-13-50(14-10-37,39-17-31(5)45(56)33(19-39)25-52)40-18-32(6)46(57)34(20-40)26-53/h17-24,29-30,37-38,52-59H,9-16,25-28H2,1-8H3. The molecule has 2 aliphatic carbocycles. The molecular formula is C51H68O8. The molecule has 0 radical (unpaired) electrons. The first kappa shape index (κ1) is 44.5. The van der Waals surface area contributed by atoms with Gasteiger partial charge in [-0.2, -0.15) is 0 Å². The van der Waals surface area contributed by atoms with Gasteiger partial charge in [0, 0.05) is 33.1 Å². The highest BCUT2D eigenvalue weighted by Gasteiger charge is 2.49. The summed E-state index contributed by atoms with van der Waals surface area (Å²) in [4.78, 5) is 0. The topological polar surface area (TPSA) is 162 Å². The Morgan fingerprint density at radius 1 is 0.475 bits per heavy atom. The van der Waals surface area contributed by atoms with Crippen LogP contribution in [0.1, 0.15) is 172 Å². The Morgan fingerprint density at radius 3 is 1.02 bits per heavy atom. The van der Waals surface area contributed by atoms with E-state index in [2.05, 4.69) is 53.7 Å². The maximum atomic E-state index is 11.2. The number of hydrogen-bond acceptors (Lipinski definition) is 8. The van der Waals surface area contributed by atoms with Gasteiger partial charge in [-0.15, -0.1) is 0 Å². The Bertz CT molecular complexity index is 2020. The van der Waals surface area contributed by atoms with Crippen LogP contribution in [0.3, 0.4) is 0 Å². The van der Waals surface area contributed by atoms with Gasteiger partial charge in [0.25, 0.3) is 0 Å². The average molecular weight is 809 g/mol. The molecule has 4 aromatic rings. The zero-order valence-corrected chi connectivity index (χ0v) is 36.5. The molecule has 0 aromatic heterocycles. The minimum atomic E-state index is -0.473. The predicted octanol–water partition coefficient (Wildman–Crippen LogP) is 10.0. The third kappa shape index (κ3) is 7.87. The van der Waals surface area contributed by atoms with Gasteiger partial charge in [0.05, 0.1) is 26.4 Å². The molecule has 0 unspecified atom stereocenters. The molecule has 0 spiro atoms.